The molecule has 21 heavy (non-hydrogen) atoms. The number of nitrogens with zero attached hydrogens (tertiary/aromatic N) is 4. The van der Waals surface area contributed by atoms with Crippen molar-refractivity contribution in [2.45, 2.75) is 26.3 Å². The predicted octanol–water partition coefficient (Wildman–Crippen LogP) is 3.77. The fraction of sp³-hybridized carbons (Fsp3) is 0.357. The van der Waals surface area contributed by atoms with Crippen LogP contribution in [0, 0.1) is 6.92 Å². The van der Waals surface area contributed by atoms with Crippen LogP contribution in [0.15, 0.2) is 22.9 Å². The van der Waals surface area contributed by atoms with Crippen molar-refractivity contribution in [3.63, 3.8) is 0 Å². The molecule has 0 aliphatic rings. The molecule has 0 aliphatic heterocycles. The van der Waals surface area contributed by atoms with Crippen LogP contribution in [-0.2, 0) is 6.42 Å². The molecule has 3 aromatic rings. The molecular weight excluding hydrogens is 311 g/mol. The van der Waals surface area contributed by atoms with Crippen LogP contribution in [0.3, 0.4) is 0 Å². The minimum Gasteiger partial charge on any atom is -0.444 e. The van der Waals surface area contributed by atoms with Crippen molar-refractivity contribution in [3.05, 3.63) is 41.0 Å². The van der Waals surface area contributed by atoms with Crippen LogP contribution in [0.2, 0.25) is 5.02 Å². The zero-order valence-corrected chi connectivity index (χ0v) is 13.2. The Kier molecular flexibility index (Phi) is 3.87. The zero-order valence-electron chi connectivity index (χ0n) is 11.7. The molecule has 110 valence electrons. The molecule has 0 radical (unpaired) electrons. The smallest absolute Gasteiger partial charge is 0.217 e. The first kappa shape index (κ1) is 14.4. The average Bonchev–Trinajstić information content (AvgIpc) is 3.01. The molecule has 7 heteroatoms. The number of pyridine rings is 1. The van der Waals surface area contributed by atoms with Gasteiger partial charge in [0.25, 0.3) is 0 Å². The molecule has 3 rings (SSSR count). The molecule has 3 aromatic heterocycles. The quantitative estimate of drug-likeness (QED) is 0.685. The third-order valence-electron chi connectivity index (χ3n) is 3.27. The first-order valence-corrected chi connectivity index (χ1v) is 7.52. The van der Waals surface area contributed by atoms with Gasteiger partial charge in [-0.05, 0) is 19.9 Å². The minimum atomic E-state index is -0.115. The highest BCUT2D eigenvalue weighted by atomic mass is 35.5. The number of oxazole rings is 1. The normalized spacial score (nSPS) is 13.0. The largest absolute Gasteiger partial charge is 0.444 e. The number of fused-ring (bicyclic) bond motifs is 1. The summed E-state index contributed by atoms with van der Waals surface area (Å²) in [6.07, 6.45) is 3.95. The molecule has 0 amide bonds. The summed E-state index contributed by atoms with van der Waals surface area (Å²) in [5.41, 5.74) is 1.50. The van der Waals surface area contributed by atoms with Gasteiger partial charge in [-0.15, -0.1) is 11.6 Å². The highest BCUT2D eigenvalue weighted by molar-refractivity contribution is 6.31. The molecule has 0 aromatic carbocycles. The summed E-state index contributed by atoms with van der Waals surface area (Å²) in [6, 6.07) is 1.68. The van der Waals surface area contributed by atoms with Crippen molar-refractivity contribution < 1.29 is 4.42 Å². The van der Waals surface area contributed by atoms with Gasteiger partial charge in [0, 0.05) is 18.5 Å². The van der Waals surface area contributed by atoms with Crippen LogP contribution in [0.25, 0.3) is 11.2 Å². The van der Waals surface area contributed by atoms with Gasteiger partial charge in [0.15, 0.2) is 5.65 Å². The maximum atomic E-state index is 5.99. The molecule has 0 aliphatic carbocycles. The van der Waals surface area contributed by atoms with E-state index in [0.717, 1.165) is 22.7 Å². The van der Waals surface area contributed by atoms with Gasteiger partial charge in [0.05, 0.1) is 11.2 Å². The number of rotatable bonds is 4. The zero-order chi connectivity index (χ0) is 15.0. The summed E-state index contributed by atoms with van der Waals surface area (Å²) in [4.78, 5) is 13.3. The van der Waals surface area contributed by atoms with E-state index in [1.54, 1.807) is 18.5 Å². The summed E-state index contributed by atoms with van der Waals surface area (Å²) >= 11 is 11.9. The third-order valence-corrected chi connectivity index (χ3v) is 3.67. The number of hydrogen-bond acceptors (Lipinski definition) is 4. The molecule has 3 heterocycles. The number of halogens is 2. The lowest BCUT2D eigenvalue weighted by Gasteiger charge is -2.13. The molecular formula is C14H14Cl2N4O. The Balaban J connectivity index is 2.16. The summed E-state index contributed by atoms with van der Waals surface area (Å²) < 4.78 is 7.63. The van der Waals surface area contributed by atoms with E-state index in [9.17, 15) is 0 Å². The first-order valence-electron chi connectivity index (χ1n) is 6.61. The molecule has 0 spiro atoms. The number of aromatic nitrogens is 4. The molecule has 0 N–H and O–H groups in total. The van der Waals surface area contributed by atoms with Gasteiger partial charge in [-0.3, -0.25) is 0 Å². The standard InChI is InChI=1S/C14H14Cl2N4O/c1-8-6-18-14(21-8)9(2)20-12(3-4-15)19-11-5-10(16)7-17-13(11)20/h5-7,9H,3-4H2,1-2H3. The van der Waals surface area contributed by atoms with Crippen LogP contribution in [0.1, 0.15) is 30.4 Å². The van der Waals surface area contributed by atoms with E-state index in [2.05, 4.69) is 15.0 Å². The molecule has 1 unspecified atom stereocenters. The maximum Gasteiger partial charge on any atom is 0.217 e. The lowest BCUT2D eigenvalue weighted by molar-refractivity contribution is 0.413. The van der Waals surface area contributed by atoms with E-state index in [-0.39, 0.29) is 6.04 Å². The summed E-state index contributed by atoms with van der Waals surface area (Å²) in [7, 11) is 0. The van der Waals surface area contributed by atoms with Crippen molar-refractivity contribution in [2.24, 2.45) is 0 Å². The average molecular weight is 325 g/mol. The SMILES string of the molecule is Cc1cnc(C(C)n2c(CCCl)nc3cc(Cl)cnc32)o1. The third kappa shape index (κ3) is 2.63. The van der Waals surface area contributed by atoms with Crippen molar-refractivity contribution in [1.29, 1.82) is 0 Å². The second-order valence-electron chi connectivity index (χ2n) is 4.82. The Bertz CT molecular complexity index is 780. The fourth-order valence-electron chi connectivity index (χ4n) is 2.35. The Morgan fingerprint density at radius 3 is 2.81 bits per heavy atom. The fourth-order valence-corrected chi connectivity index (χ4v) is 2.67. The molecule has 0 fully saturated rings. The first-order chi connectivity index (χ1) is 10.1. The van der Waals surface area contributed by atoms with Crippen molar-refractivity contribution in [1.82, 2.24) is 19.5 Å². The van der Waals surface area contributed by atoms with Crippen LogP contribution >= 0.6 is 23.2 Å². The van der Waals surface area contributed by atoms with Gasteiger partial charge < -0.3 is 8.98 Å². The van der Waals surface area contributed by atoms with Crippen molar-refractivity contribution >= 4 is 34.4 Å². The molecule has 5 nitrogen and oxygen atoms in total. The summed E-state index contributed by atoms with van der Waals surface area (Å²) in [5, 5.41) is 0.559. The number of hydrogen-bond donors (Lipinski definition) is 0. The Morgan fingerprint density at radius 1 is 1.33 bits per heavy atom. The lowest BCUT2D eigenvalue weighted by atomic mass is 10.3. The van der Waals surface area contributed by atoms with Crippen LogP contribution in [0.4, 0.5) is 0 Å². The van der Waals surface area contributed by atoms with Gasteiger partial charge in [-0.25, -0.2) is 15.0 Å². The van der Waals surface area contributed by atoms with Gasteiger partial charge in [0.1, 0.15) is 23.1 Å². The van der Waals surface area contributed by atoms with Crippen molar-refractivity contribution in [3.8, 4) is 0 Å². The Morgan fingerprint density at radius 2 is 2.14 bits per heavy atom. The predicted molar refractivity (Wildman–Crippen MR) is 82.0 cm³/mol. The Labute approximate surface area is 131 Å². The van der Waals surface area contributed by atoms with Crippen LogP contribution in [0.5, 0.6) is 0 Å². The van der Waals surface area contributed by atoms with E-state index < -0.39 is 0 Å². The summed E-state index contributed by atoms with van der Waals surface area (Å²) in [6.45, 7) is 3.87. The second-order valence-corrected chi connectivity index (χ2v) is 5.63. The molecule has 1 atom stereocenters. The van der Waals surface area contributed by atoms with Gasteiger partial charge >= 0.3 is 0 Å². The Hall–Kier alpha value is -1.59. The van der Waals surface area contributed by atoms with E-state index in [1.807, 2.05) is 18.4 Å². The number of aryl methyl sites for hydroxylation is 2. The molecule has 0 saturated heterocycles. The topological polar surface area (TPSA) is 56.7 Å². The van der Waals surface area contributed by atoms with Crippen LogP contribution in [-0.4, -0.2) is 25.4 Å². The number of alkyl halides is 1. The van der Waals surface area contributed by atoms with Gasteiger partial charge in [-0.2, -0.15) is 0 Å². The van der Waals surface area contributed by atoms with E-state index in [1.165, 1.54) is 0 Å². The van der Waals surface area contributed by atoms with Crippen LogP contribution < -0.4 is 0 Å². The lowest BCUT2D eigenvalue weighted by Crippen LogP contribution is -2.12. The monoisotopic (exact) mass is 324 g/mol. The highest BCUT2D eigenvalue weighted by Crippen LogP contribution is 2.26. The molecule has 0 saturated carbocycles. The maximum absolute atomic E-state index is 5.99. The van der Waals surface area contributed by atoms with Gasteiger partial charge in [-0.1, -0.05) is 11.6 Å². The number of imidazole rings is 1. The second kappa shape index (κ2) is 5.66. The van der Waals surface area contributed by atoms with E-state index in [0.29, 0.717) is 23.2 Å². The van der Waals surface area contributed by atoms with Gasteiger partial charge in [0.2, 0.25) is 5.89 Å². The van der Waals surface area contributed by atoms with Crippen molar-refractivity contribution in [2.75, 3.05) is 5.88 Å². The minimum absolute atomic E-state index is 0.115. The molecule has 0 bridgehead atoms. The summed E-state index contributed by atoms with van der Waals surface area (Å²) in [5.74, 6) is 2.72. The van der Waals surface area contributed by atoms with E-state index in [4.69, 9.17) is 27.6 Å². The highest BCUT2D eigenvalue weighted by Gasteiger charge is 2.21. The van der Waals surface area contributed by atoms with E-state index >= 15 is 0 Å².